The SMILES string of the molecule is COc1ccc(N2C(=O)N(c3c(C)cccc3C)Cc3cnc(Cc4ccc(N5CCN(C)CC5)cc4OC)nc32)c(OC)c1. The Morgan fingerprint density at radius 1 is 0.844 bits per heavy atom. The Kier molecular flexibility index (Phi) is 8.49. The number of carbonyl (C=O) groups excluding carboxylic acids is 1. The quantitative estimate of drug-likeness (QED) is 0.251. The van der Waals surface area contributed by atoms with E-state index in [1.165, 1.54) is 0 Å². The van der Waals surface area contributed by atoms with Crippen molar-refractivity contribution in [2.45, 2.75) is 26.8 Å². The van der Waals surface area contributed by atoms with E-state index in [1.54, 1.807) is 37.2 Å². The highest BCUT2D eigenvalue weighted by Crippen LogP contribution is 2.42. The number of hydrogen-bond acceptors (Lipinski definition) is 8. The first kappa shape index (κ1) is 30.2. The third-order valence-corrected chi connectivity index (χ3v) is 8.68. The summed E-state index contributed by atoms with van der Waals surface area (Å²) >= 11 is 0. The number of likely N-dealkylation sites (N-methyl/N-ethyl adjacent to an activating group) is 1. The van der Waals surface area contributed by atoms with E-state index in [0.29, 0.717) is 41.8 Å². The van der Waals surface area contributed by atoms with Gasteiger partial charge in [0.25, 0.3) is 0 Å². The number of carbonyl (C=O) groups is 1. The van der Waals surface area contributed by atoms with Crippen LogP contribution in [0.3, 0.4) is 0 Å². The zero-order chi connectivity index (χ0) is 31.7. The number of para-hydroxylation sites is 1. The molecule has 1 aromatic heterocycles. The van der Waals surface area contributed by atoms with Crippen molar-refractivity contribution in [3.8, 4) is 17.2 Å². The number of nitrogens with zero attached hydrogens (tertiary/aromatic N) is 6. The number of amides is 2. The van der Waals surface area contributed by atoms with Gasteiger partial charge in [0, 0.05) is 67.7 Å². The van der Waals surface area contributed by atoms with E-state index in [4.69, 9.17) is 24.2 Å². The van der Waals surface area contributed by atoms with Crippen molar-refractivity contribution >= 4 is 28.9 Å². The van der Waals surface area contributed by atoms with Gasteiger partial charge >= 0.3 is 6.03 Å². The molecule has 2 aliphatic rings. The summed E-state index contributed by atoms with van der Waals surface area (Å²) < 4.78 is 17.0. The summed E-state index contributed by atoms with van der Waals surface area (Å²) in [5, 5.41) is 0. The second-order valence-corrected chi connectivity index (χ2v) is 11.6. The maximum absolute atomic E-state index is 14.5. The van der Waals surface area contributed by atoms with Gasteiger partial charge in [0.1, 0.15) is 28.9 Å². The molecule has 0 unspecified atom stereocenters. The Bertz CT molecular complexity index is 1700. The van der Waals surface area contributed by atoms with Crippen LogP contribution in [-0.4, -0.2) is 75.5 Å². The van der Waals surface area contributed by atoms with Crippen molar-refractivity contribution < 1.29 is 19.0 Å². The highest BCUT2D eigenvalue weighted by Gasteiger charge is 2.37. The number of urea groups is 1. The summed E-state index contributed by atoms with van der Waals surface area (Å²) in [6.45, 7) is 8.40. The molecule has 0 atom stereocenters. The third kappa shape index (κ3) is 5.85. The van der Waals surface area contributed by atoms with E-state index < -0.39 is 0 Å². The lowest BCUT2D eigenvalue weighted by Gasteiger charge is -2.37. The Morgan fingerprint density at radius 3 is 2.27 bits per heavy atom. The smallest absolute Gasteiger partial charge is 0.335 e. The molecule has 10 heteroatoms. The third-order valence-electron chi connectivity index (χ3n) is 8.68. The number of rotatable bonds is 8. The van der Waals surface area contributed by atoms with E-state index in [0.717, 1.165) is 65.6 Å². The van der Waals surface area contributed by atoms with Gasteiger partial charge in [-0.15, -0.1) is 0 Å². The number of aryl methyl sites for hydroxylation is 2. The Hall–Kier alpha value is -4.83. The number of methoxy groups -OCH3 is 3. The highest BCUT2D eigenvalue weighted by atomic mass is 16.5. The molecule has 0 radical (unpaired) electrons. The van der Waals surface area contributed by atoms with Crippen LogP contribution in [0.5, 0.6) is 17.2 Å². The zero-order valence-electron chi connectivity index (χ0n) is 26.8. The molecule has 2 aliphatic heterocycles. The number of aromatic nitrogens is 2. The first-order chi connectivity index (χ1) is 21.8. The van der Waals surface area contributed by atoms with Gasteiger partial charge in [-0.3, -0.25) is 4.90 Å². The van der Waals surface area contributed by atoms with Gasteiger partial charge in [0.15, 0.2) is 0 Å². The zero-order valence-corrected chi connectivity index (χ0v) is 26.8. The van der Waals surface area contributed by atoms with Gasteiger partial charge in [0.2, 0.25) is 0 Å². The summed E-state index contributed by atoms with van der Waals surface area (Å²) in [7, 11) is 7.03. The minimum Gasteiger partial charge on any atom is -0.497 e. The summed E-state index contributed by atoms with van der Waals surface area (Å²) in [5.41, 5.74) is 6.42. The Balaban J connectivity index is 1.40. The van der Waals surface area contributed by atoms with Crippen LogP contribution in [0.4, 0.5) is 27.7 Å². The largest absolute Gasteiger partial charge is 0.497 e. The van der Waals surface area contributed by atoms with Crippen LogP contribution < -0.4 is 28.9 Å². The van der Waals surface area contributed by atoms with Crippen molar-refractivity contribution in [2.24, 2.45) is 0 Å². The number of anilines is 4. The minimum atomic E-state index is -0.220. The lowest BCUT2D eigenvalue weighted by Crippen LogP contribution is -2.46. The normalized spacial score (nSPS) is 15.2. The van der Waals surface area contributed by atoms with Gasteiger partial charge < -0.3 is 24.0 Å². The second-order valence-electron chi connectivity index (χ2n) is 11.6. The molecule has 1 saturated heterocycles. The molecule has 4 aromatic rings. The monoisotopic (exact) mass is 608 g/mol. The van der Waals surface area contributed by atoms with E-state index in [9.17, 15) is 4.79 Å². The van der Waals surface area contributed by atoms with Gasteiger partial charge in [-0.25, -0.2) is 19.7 Å². The molecule has 0 N–H and O–H groups in total. The summed E-state index contributed by atoms with van der Waals surface area (Å²) in [6, 6.07) is 17.6. The topological polar surface area (TPSA) is 83.5 Å². The number of piperazine rings is 1. The van der Waals surface area contributed by atoms with E-state index >= 15 is 0 Å². The van der Waals surface area contributed by atoms with Gasteiger partial charge in [-0.2, -0.15) is 0 Å². The molecule has 1 fully saturated rings. The van der Waals surface area contributed by atoms with Gasteiger partial charge in [-0.1, -0.05) is 24.3 Å². The Morgan fingerprint density at radius 2 is 1.58 bits per heavy atom. The predicted molar refractivity (Wildman–Crippen MR) is 177 cm³/mol. The molecule has 0 saturated carbocycles. The van der Waals surface area contributed by atoms with Crippen LogP contribution in [-0.2, 0) is 13.0 Å². The molecule has 0 aliphatic carbocycles. The molecule has 10 nitrogen and oxygen atoms in total. The highest BCUT2D eigenvalue weighted by molar-refractivity contribution is 6.11. The minimum absolute atomic E-state index is 0.220. The van der Waals surface area contributed by atoms with E-state index in [2.05, 4.69) is 35.0 Å². The fourth-order valence-corrected chi connectivity index (χ4v) is 6.18. The maximum atomic E-state index is 14.5. The lowest BCUT2D eigenvalue weighted by atomic mass is 10.1. The van der Waals surface area contributed by atoms with Crippen LogP contribution in [0.25, 0.3) is 0 Å². The maximum Gasteiger partial charge on any atom is 0.335 e. The lowest BCUT2D eigenvalue weighted by molar-refractivity contribution is 0.252. The van der Waals surface area contributed by atoms with Crippen LogP contribution in [0.2, 0.25) is 0 Å². The molecular weight excluding hydrogens is 568 g/mol. The van der Waals surface area contributed by atoms with Crippen LogP contribution in [0.1, 0.15) is 28.1 Å². The van der Waals surface area contributed by atoms with E-state index in [-0.39, 0.29) is 6.03 Å². The van der Waals surface area contributed by atoms with Crippen molar-refractivity contribution in [2.75, 3.05) is 69.3 Å². The van der Waals surface area contributed by atoms with Gasteiger partial charge in [-0.05, 0) is 50.2 Å². The summed E-state index contributed by atoms with van der Waals surface area (Å²) in [6.07, 6.45) is 2.28. The molecular formula is C35H40N6O4. The van der Waals surface area contributed by atoms with Crippen LogP contribution in [0.15, 0.2) is 60.8 Å². The van der Waals surface area contributed by atoms with Crippen molar-refractivity contribution in [1.29, 1.82) is 0 Å². The average Bonchev–Trinajstić information content (AvgIpc) is 3.05. The molecule has 3 aromatic carbocycles. The van der Waals surface area contributed by atoms with E-state index in [1.807, 2.05) is 50.4 Å². The fraction of sp³-hybridized carbons (Fsp3) is 0.343. The van der Waals surface area contributed by atoms with Crippen LogP contribution in [0, 0.1) is 13.8 Å². The number of hydrogen-bond donors (Lipinski definition) is 0. The molecule has 2 amide bonds. The molecule has 234 valence electrons. The summed E-state index contributed by atoms with van der Waals surface area (Å²) in [5.74, 6) is 3.04. The first-order valence-corrected chi connectivity index (χ1v) is 15.2. The van der Waals surface area contributed by atoms with Crippen molar-refractivity contribution in [1.82, 2.24) is 14.9 Å². The predicted octanol–water partition coefficient (Wildman–Crippen LogP) is 5.74. The standard InChI is InChI=1S/C35H40N6O4/c1-23-8-7-9-24(2)33(23)40-22-26-21-36-32(18-25-10-11-27(19-30(25)44-5)39-16-14-38(3)15-17-39)37-34(26)41(35(40)42)29-13-12-28(43-4)20-31(29)45-6/h7-13,19-21H,14-18,22H2,1-6H3. The number of fused-ring (bicyclic) bond motifs is 1. The first-order valence-electron chi connectivity index (χ1n) is 15.2. The van der Waals surface area contributed by atoms with Crippen molar-refractivity contribution in [3.05, 3.63) is 88.9 Å². The molecule has 45 heavy (non-hydrogen) atoms. The average molecular weight is 609 g/mol. The molecule has 0 spiro atoms. The Labute approximate surface area is 264 Å². The van der Waals surface area contributed by atoms with Crippen molar-refractivity contribution in [3.63, 3.8) is 0 Å². The van der Waals surface area contributed by atoms with Crippen LogP contribution >= 0.6 is 0 Å². The fourth-order valence-electron chi connectivity index (χ4n) is 6.18. The molecule has 0 bridgehead atoms. The number of benzene rings is 3. The molecule has 6 rings (SSSR count). The summed E-state index contributed by atoms with van der Waals surface area (Å²) in [4.78, 5) is 32.4. The van der Waals surface area contributed by atoms with Gasteiger partial charge in [0.05, 0.1) is 39.2 Å². The number of ether oxygens (including phenoxy) is 3. The molecule has 3 heterocycles. The second kappa shape index (κ2) is 12.6.